The van der Waals surface area contributed by atoms with Crippen molar-refractivity contribution < 1.29 is 23.2 Å². The van der Waals surface area contributed by atoms with Crippen molar-refractivity contribution in [3.63, 3.8) is 0 Å². The molecule has 0 spiro atoms. The summed E-state index contributed by atoms with van der Waals surface area (Å²) in [5.74, 6) is -1.69. The van der Waals surface area contributed by atoms with E-state index in [9.17, 15) is 23.2 Å². The highest BCUT2D eigenvalue weighted by atomic mass is 32.1. The Morgan fingerprint density at radius 1 is 1.00 bits per heavy atom. The molecule has 2 aromatic carbocycles. The van der Waals surface area contributed by atoms with Crippen LogP contribution in [0.2, 0.25) is 0 Å². The largest absolute Gasteiger partial charge is 0.334 e. The van der Waals surface area contributed by atoms with Gasteiger partial charge in [0.05, 0.1) is 16.3 Å². The maximum absolute atomic E-state index is 13.5. The summed E-state index contributed by atoms with van der Waals surface area (Å²) < 4.78 is 26.5. The molecule has 1 unspecified atom stereocenters. The Balaban J connectivity index is 1.49. The Hall–Kier alpha value is -3.26. The highest BCUT2D eigenvalue weighted by molar-refractivity contribution is 7.15. The molecule has 1 saturated heterocycles. The Morgan fingerprint density at radius 3 is 2.32 bits per heavy atom. The fourth-order valence-corrected chi connectivity index (χ4v) is 5.15. The molecule has 1 aromatic heterocycles. The lowest BCUT2D eigenvalue weighted by Crippen LogP contribution is -2.45. The van der Waals surface area contributed by atoms with Crippen molar-refractivity contribution >= 4 is 28.8 Å². The second-order valence-electron chi connectivity index (χ2n) is 8.42. The Kier molecular flexibility index (Phi) is 7.26. The van der Waals surface area contributed by atoms with Gasteiger partial charge in [0.25, 0.3) is 5.91 Å². The van der Waals surface area contributed by atoms with Crippen LogP contribution >= 0.6 is 11.3 Å². The molecule has 5 nitrogen and oxygen atoms in total. The number of thiazole rings is 1. The fraction of sp³-hybridized carbons (Fsp3) is 0.308. The van der Waals surface area contributed by atoms with Crippen molar-refractivity contribution in [1.29, 1.82) is 0 Å². The van der Waals surface area contributed by atoms with E-state index in [1.807, 2.05) is 6.92 Å². The van der Waals surface area contributed by atoms with Gasteiger partial charge in [-0.1, -0.05) is 12.1 Å². The number of benzene rings is 2. The summed E-state index contributed by atoms with van der Waals surface area (Å²) in [5, 5.41) is 0.720. The molecule has 0 saturated carbocycles. The molecule has 1 atom stereocenters. The monoisotopic (exact) mass is 482 g/mol. The van der Waals surface area contributed by atoms with Gasteiger partial charge in [-0.3, -0.25) is 14.4 Å². The lowest BCUT2D eigenvalue weighted by molar-refractivity contribution is -0.119. The predicted molar refractivity (Wildman–Crippen MR) is 126 cm³/mol. The molecule has 1 fully saturated rings. The number of amides is 1. The molecule has 176 valence electrons. The minimum atomic E-state index is -0.448. The second kappa shape index (κ2) is 10.3. The third-order valence-corrected chi connectivity index (χ3v) is 6.94. The van der Waals surface area contributed by atoms with E-state index >= 15 is 0 Å². The summed E-state index contributed by atoms with van der Waals surface area (Å²) in [6, 6.07) is 10.7. The molecular formula is C26H24F2N2O3S. The molecule has 0 radical (unpaired) electrons. The smallest absolute Gasteiger partial charge is 0.274 e. The number of carbonyl (C=O) groups excluding carboxylic acids is 3. The first-order valence-electron chi connectivity index (χ1n) is 11.2. The molecule has 1 aliphatic rings. The normalized spacial score (nSPS) is 15.9. The van der Waals surface area contributed by atoms with E-state index in [0.717, 1.165) is 17.8 Å². The summed E-state index contributed by atoms with van der Waals surface area (Å²) in [4.78, 5) is 45.5. The minimum Gasteiger partial charge on any atom is -0.334 e. The SMILES string of the molecule is Cc1nc(C(=O)N2CCCCC2CC(=O)CC(=O)c2ccc(F)cc2)c(-c2ccc(F)cc2)s1. The Labute approximate surface area is 200 Å². The lowest BCUT2D eigenvalue weighted by atomic mass is 9.94. The maximum atomic E-state index is 13.5. The van der Waals surface area contributed by atoms with E-state index in [-0.39, 0.29) is 47.7 Å². The number of halogens is 2. The molecule has 3 aromatic rings. The van der Waals surface area contributed by atoms with Gasteiger partial charge in [0.15, 0.2) is 5.78 Å². The molecule has 2 heterocycles. The fourth-order valence-electron chi connectivity index (χ4n) is 4.24. The highest BCUT2D eigenvalue weighted by Gasteiger charge is 2.32. The quantitative estimate of drug-likeness (QED) is 0.324. The zero-order valence-corrected chi connectivity index (χ0v) is 19.5. The van der Waals surface area contributed by atoms with E-state index in [0.29, 0.717) is 29.1 Å². The first kappa shape index (κ1) is 23.9. The topological polar surface area (TPSA) is 67.3 Å². The summed E-state index contributed by atoms with van der Waals surface area (Å²) in [6.07, 6.45) is 2.15. The number of likely N-dealkylation sites (tertiary alicyclic amines) is 1. The number of Topliss-reactive ketones (excluding diaryl/α,β-unsaturated/α-hetero) is 2. The average Bonchev–Trinajstić information content (AvgIpc) is 3.21. The zero-order chi connectivity index (χ0) is 24.2. The van der Waals surface area contributed by atoms with Gasteiger partial charge in [-0.2, -0.15) is 0 Å². The van der Waals surface area contributed by atoms with Crippen LogP contribution in [0.15, 0.2) is 48.5 Å². The number of carbonyl (C=O) groups is 3. The van der Waals surface area contributed by atoms with Crippen LogP contribution in [0.5, 0.6) is 0 Å². The van der Waals surface area contributed by atoms with E-state index in [1.165, 1.54) is 47.7 Å². The number of piperidine rings is 1. The van der Waals surface area contributed by atoms with Crippen LogP contribution in [0.25, 0.3) is 10.4 Å². The number of aromatic nitrogens is 1. The van der Waals surface area contributed by atoms with E-state index in [2.05, 4.69) is 4.98 Å². The summed E-state index contributed by atoms with van der Waals surface area (Å²) in [6.45, 7) is 2.31. The molecule has 1 aliphatic heterocycles. The third-order valence-electron chi connectivity index (χ3n) is 5.92. The molecule has 0 bridgehead atoms. The van der Waals surface area contributed by atoms with E-state index < -0.39 is 5.82 Å². The number of hydrogen-bond acceptors (Lipinski definition) is 5. The molecule has 0 N–H and O–H groups in total. The first-order valence-corrected chi connectivity index (χ1v) is 12.0. The van der Waals surface area contributed by atoms with Gasteiger partial charge in [-0.25, -0.2) is 13.8 Å². The van der Waals surface area contributed by atoms with Gasteiger partial charge in [-0.15, -0.1) is 11.3 Å². The minimum absolute atomic E-state index is 0.0771. The van der Waals surface area contributed by atoms with Gasteiger partial charge in [0.2, 0.25) is 0 Å². The lowest BCUT2D eigenvalue weighted by Gasteiger charge is -2.35. The van der Waals surface area contributed by atoms with Gasteiger partial charge >= 0.3 is 0 Å². The predicted octanol–water partition coefficient (Wildman–Crippen LogP) is 5.62. The summed E-state index contributed by atoms with van der Waals surface area (Å²) >= 11 is 1.37. The number of hydrogen-bond donors (Lipinski definition) is 0. The number of nitrogens with zero attached hydrogens (tertiary/aromatic N) is 2. The van der Waals surface area contributed by atoms with Crippen molar-refractivity contribution in [2.24, 2.45) is 0 Å². The molecule has 0 aliphatic carbocycles. The van der Waals surface area contributed by atoms with Gasteiger partial charge < -0.3 is 4.90 Å². The van der Waals surface area contributed by atoms with Crippen molar-refractivity contribution in [1.82, 2.24) is 9.88 Å². The Morgan fingerprint density at radius 2 is 1.65 bits per heavy atom. The van der Waals surface area contributed by atoms with Crippen molar-refractivity contribution in [3.05, 3.63) is 76.4 Å². The summed E-state index contributed by atoms with van der Waals surface area (Å²) in [5.41, 5.74) is 1.30. The van der Waals surface area contributed by atoms with Gasteiger partial charge in [-0.05, 0) is 68.1 Å². The standard InChI is InChI=1S/C26H24F2N2O3S/c1-16-29-24(25(34-16)18-7-11-20(28)12-8-18)26(33)30-13-3-2-4-21(30)14-22(31)15-23(32)17-5-9-19(27)10-6-17/h5-12,21H,2-4,13-15H2,1H3. The van der Waals surface area contributed by atoms with Crippen LogP contribution in [-0.4, -0.2) is 39.9 Å². The van der Waals surface area contributed by atoms with Crippen LogP contribution in [-0.2, 0) is 4.79 Å². The molecule has 1 amide bonds. The first-order chi connectivity index (χ1) is 16.3. The van der Waals surface area contributed by atoms with E-state index in [4.69, 9.17) is 0 Å². The van der Waals surface area contributed by atoms with E-state index in [1.54, 1.807) is 17.0 Å². The van der Waals surface area contributed by atoms with Crippen molar-refractivity contribution in [2.45, 2.75) is 45.1 Å². The highest BCUT2D eigenvalue weighted by Crippen LogP contribution is 2.33. The number of aryl methyl sites for hydroxylation is 1. The molecule has 8 heteroatoms. The van der Waals surface area contributed by atoms with Crippen LogP contribution in [0.4, 0.5) is 8.78 Å². The van der Waals surface area contributed by atoms with Gasteiger partial charge in [0.1, 0.15) is 23.1 Å². The second-order valence-corrected chi connectivity index (χ2v) is 9.62. The Bertz CT molecular complexity index is 1210. The third kappa shape index (κ3) is 5.44. The maximum Gasteiger partial charge on any atom is 0.274 e. The number of ketones is 2. The van der Waals surface area contributed by atoms with Crippen LogP contribution in [0.1, 0.15) is 58.0 Å². The van der Waals surface area contributed by atoms with Gasteiger partial charge in [0, 0.05) is 24.6 Å². The van der Waals surface area contributed by atoms with Crippen molar-refractivity contribution in [3.8, 4) is 10.4 Å². The average molecular weight is 483 g/mol. The molecule has 34 heavy (non-hydrogen) atoms. The summed E-state index contributed by atoms with van der Waals surface area (Å²) in [7, 11) is 0. The van der Waals surface area contributed by atoms with Crippen LogP contribution in [0.3, 0.4) is 0 Å². The van der Waals surface area contributed by atoms with Crippen LogP contribution in [0, 0.1) is 18.6 Å². The molecule has 4 rings (SSSR count). The number of rotatable bonds is 7. The molecular weight excluding hydrogens is 458 g/mol. The van der Waals surface area contributed by atoms with Crippen LogP contribution < -0.4 is 0 Å². The van der Waals surface area contributed by atoms with Crippen molar-refractivity contribution in [2.75, 3.05) is 6.54 Å². The zero-order valence-electron chi connectivity index (χ0n) is 18.7.